The van der Waals surface area contributed by atoms with E-state index in [1.54, 1.807) is 0 Å². The van der Waals surface area contributed by atoms with Crippen molar-refractivity contribution < 1.29 is 8.42 Å². The lowest BCUT2D eigenvalue weighted by Crippen LogP contribution is -2.09. The number of sulfone groups is 1. The zero-order chi connectivity index (χ0) is 12.7. The van der Waals surface area contributed by atoms with Crippen LogP contribution in [0.1, 0.15) is 39.0 Å². The third-order valence-electron chi connectivity index (χ3n) is 2.66. The van der Waals surface area contributed by atoms with E-state index < -0.39 is 9.84 Å². The second-order valence-corrected chi connectivity index (χ2v) is 6.22. The molecule has 0 aromatic carbocycles. The molecule has 0 aliphatic rings. The molecule has 1 aromatic rings. The second-order valence-electron chi connectivity index (χ2n) is 4.15. The van der Waals surface area contributed by atoms with Gasteiger partial charge in [0, 0.05) is 6.20 Å². The summed E-state index contributed by atoms with van der Waals surface area (Å²) >= 11 is 0. The van der Waals surface area contributed by atoms with E-state index in [-0.39, 0.29) is 16.3 Å². The number of nitrogens with two attached hydrogens (primary N) is 1. The van der Waals surface area contributed by atoms with Gasteiger partial charge in [-0.25, -0.2) is 8.42 Å². The molecule has 96 valence electrons. The minimum absolute atomic E-state index is 0.172. The lowest BCUT2D eigenvalue weighted by Gasteiger charge is -2.06. The van der Waals surface area contributed by atoms with Crippen LogP contribution in [0.25, 0.3) is 0 Å². The third kappa shape index (κ3) is 4.34. The molecule has 1 heterocycles. The van der Waals surface area contributed by atoms with Crippen LogP contribution in [-0.4, -0.2) is 19.2 Å². The van der Waals surface area contributed by atoms with Crippen molar-refractivity contribution in [1.82, 2.24) is 4.98 Å². The number of hydrogen-bond acceptors (Lipinski definition) is 4. The first-order valence-electron chi connectivity index (χ1n) is 6.00. The quantitative estimate of drug-likeness (QED) is 0.760. The summed E-state index contributed by atoms with van der Waals surface area (Å²) in [6.07, 6.45) is 7.91. The van der Waals surface area contributed by atoms with E-state index in [1.807, 2.05) is 0 Å². The van der Waals surface area contributed by atoms with Gasteiger partial charge in [0.05, 0.1) is 22.5 Å². The van der Waals surface area contributed by atoms with E-state index in [1.165, 1.54) is 18.5 Å². The van der Waals surface area contributed by atoms with Crippen molar-refractivity contribution in [2.24, 2.45) is 0 Å². The maximum atomic E-state index is 12.0. The van der Waals surface area contributed by atoms with Crippen LogP contribution in [0, 0.1) is 0 Å². The summed E-state index contributed by atoms with van der Waals surface area (Å²) in [7, 11) is -3.24. The highest BCUT2D eigenvalue weighted by atomic mass is 32.2. The zero-order valence-electron chi connectivity index (χ0n) is 10.2. The van der Waals surface area contributed by atoms with Crippen LogP contribution in [0.2, 0.25) is 0 Å². The van der Waals surface area contributed by atoms with Crippen LogP contribution in [0.15, 0.2) is 23.4 Å². The Kier molecular flexibility index (Phi) is 5.41. The molecular formula is C12H20N2O2S. The Hall–Kier alpha value is -1.10. The highest BCUT2D eigenvalue weighted by Gasteiger charge is 2.16. The van der Waals surface area contributed by atoms with Crippen molar-refractivity contribution in [1.29, 1.82) is 0 Å². The van der Waals surface area contributed by atoms with Crippen LogP contribution >= 0.6 is 0 Å². The van der Waals surface area contributed by atoms with Gasteiger partial charge in [-0.1, -0.05) is 32.6 Å². The molecule has 0 fully saturated rings. The number of nitrogen functional groups attached to an aromatic ring is 1. The van der Waals surface area contributed by atoms with Crippen LogP contribution in [0.3, 0.4) is 0 Å². The summed E-state index contributed by atoms with van der Waals surface area (Å²) < 4.78 is 24.0. The van der Waals surface area contributed by atoms with Gasteiger partial charge in [0.1, 0.15) is 0 Å². The number of pyridine rings is 1. The molecule has 0 saturated carbocycles. The lowest BCUT2D eigenvalue weighted by molar-refractivity contribution is 0.587. The van der Waals surface area contributed by atoms with Gasteiger partial charge in [0.25, 0.3) is 0 Å². The number of aromatic nitrogens is 1. The summed E-state index contributed by atoms with van der Waals surface area (Å²) in [5.41, 5.74) is 5.85. The molecule has 2 N–H and O–H groups in total. The summed E-state index contributed by atoms with van der Waals surface area (Å²) in [5.74, 6) is 0.172. The first kappa shape index (κ1) is 14.0. The smallest absolute Gasteiger partial charge is 0.180 e. The van der Waals surface area contributed by atoms with Gasteiger partial charge in [-0.3, -0.25) is 4.98 Å². The Bertz CT molecular complexity index is 444. The van der Waals surface area contributed by atoms with Crippen molar-refractivity contribution >= 4 is 15.5 Å². The van der Waals surface area contributed by atoms with Crippen molar-refractivity contribution in [3.8, 4) is 0 Å². The molecule has 0 radical (unpaired) electrons. The molecule has 1 rings (SSSR count). The van der Waals surface area contributed by atoms with E-state index in [0.29, 0.717) is 6.42 Å². The molecule has 17 heavy (non-hydrogen) atoms. The van der Waals surface area contributed by atoms with Gasteiger partial charge in [-0.2, -0.15) is 0 Å². The van der Waals surface area contributed by atoms with Gasteiger partial charge in [0.2, 0.25) is 0 Å². The Balaban J connectivity index is 2.55. The maximum absolute atomic E-state index is 12.0. The van der Waals surface area contributed by atoms with E-state index in [2.05, 4.69) is 11.9 Å². The standard InChI is InChI=1S/C12H20N2O2S/c1-2-3-4-5-6-9-17(15,16)12-7-8-14-10-11(12)13/h7-8,10H,2-6,9,13H2,1H3. The fraction of sp³-hybridized carbons (Fsp3) is 0.583. The number of unbranched alkanes of at least 4 members (excludes halogenated alkanes) is 4. The zero-order valence-corrected chi connectivity index (χ0v) is 11.0. The van der Waals surface area contributed by atoms with E-state index in [0.717, 1.165) is 25.7 Å². The lowest BCUT2D eigenvalue weighted by atomic mass is 10.2. The van der Waals surface area contributed by atoms with Crippen molar-refractivity contribution in [2.45, 2.75) is 43.9 Å². The molecule has 1 aromatic heterocycles. The summed E-state index contributed by atoms with van der Waals surface area (Å²) in [5, 5.41) is 0. The molecule has 4 nitrogen and oxygen atoms in total. The third-order valence-corrected chi connectivity index (χ3v) is 4.53. The number of nitrogens with zero attached hydrogens (tertiary/aromatic N) is 1. The topological polar surface area (TPSA) is 73.0 Å². The van der Waals surface area contributed by atoms with Crippen molar-refractivity contribution in [3.63, 3.8) is 0 Å². The molecule has 0 saturated heterocycles. The fourth-order valence-corrected chi connectivity index (χ4v) is 3.17. The number of rotatable bonds is 7. The van der Waals surface area contributed by atoms with Crippen LogP contribution in [0.5, 0.6) is 0 Å². The fourth-order valence-electron chi connectivity index (χ4n) is 1.68. The minimum atomic E-state index is -3.24. The minimum Gasteiger partial charge on any atom is -0.396 e. The molecule has 5 heteroatoms. The monoisotopic (exact) mass is 256 g/mol. The van der Waals surface area contributed by atoms with Gasteiger partial charge in [-0.15, -0.1) is 0 Å². The first-order chi connectivity index (χ1) is 8.08. The average molecular weight is 256 g/mol. The van der Waals surface area contributed by atoms with E-state index in [4.69, 9.17) is 5.73 Å². The predicted molar refractivity (Wildman–Crippen MR) is 69.5 cm³/mol. The molecule has 0 aliphatic heterocycles. The van der Waals surface area contributed by atoms with Crippen molar-refractivity contribution in [2.75, 3.05) is 11.5 Å². The molecule has 0 amide bonds. The van der Waals surface area contributed by atoms with Crippen LogP contribution in [-0.2, 0) is 9.84 Å². The van der Waals surface area contributed by atoms with Crippen LogP contribution in [0.4, 0.5) is 5.69 Å². The molecule has 0 atom stereocenters. The highest BCUT2D eigenvalue weighted by Crippen LogP contribution is 2.19. The Morgan fingerprint density at radius 2 is 1.94 bits per heavy atom. The van der Waals surface area contributed by atoms with E-state index >= 15 is 0 Å². The second kappa shape index (κ2) is 6.59. The van der Waals surface area contributed by atoms with Gasteiger partial charge in [0.15, 0.2) is 9.84 Å². The molecule has 0 unspecified atom stereocenters. The molecule has 0 aliphatic carbocycles. The Morgan fingerprint density at radius 1 is 1.24 bits per heavy atom. The maximum Gasteiger partial charge on any atom is 0.180 e. The van der Waals surface area contributed by atoms with Gasteiger partial charge < -0.3 is 5.73 Å². The largest absolute Gasteiger partial charge is 0.396 e. The Morgan fingerprint density at radius 3 is 2.59 bits per heavy atom. The molecule has 0 bridgehead atoms. The average Bonchev–Trinajstić information content (AvgIpc) is 2.29. The number of hydrogen-bond donors (Lipinski definition) is 1. The summed E-state index contributed by atoms with van der Waals surface area (Å²) in [6, 6.07) is 1.47. The highest BCUT2D eigenvalue weighted by molar-refractivity contribution is 7.91. The first-order valence-corrected chi connectivity index (χ1v) is 7.65. The van der Waals surface area contributed by atoms with Crippen molar-refractivity contribution in [3.05, 3.63) is 18.5 Å². The summed E-state index contributed by atoms with van der Waals surface area (Å²) in [6.45, 7) is 2.13. The van der Waals surface area contributed by atoms with E-state index in [9.17, 15) is 8.42 Å². The van der Waals surface area contributed by atoms with Gasteiger partial charge >= 0.3 is 0 Å². The van der Waals surface area contributed by atoms with Crippen LogP contribution < -0.4 is 5.73 Å². The normalized spacial score (nSPS) is 11.6. The molecular weight excluding hydrogens is 236 g/mol. The predicted octanol–water partition coefficient (Wildman–Crippen LogP) is 2.41. The number of anilines is 1. The Labute approximate surface area is 103 Å². The van der Waals surface area contributed by atoms with Gasteiger partial charge in [-0.05, 0) is 12.5 Å². The molecule has 0 spiro atoms. The SMILES string of the molecule is CCCCCCCS(=O)(=O)c1ccncc1N. The summed E-state index contributed by atoms with van der Waals surface area (Å²) in [4.78, 5) is 4.00.